The van der Waals surface area contributed by atoms with Crippen molar-refractivity contribution < 1.29 is 19.4 Å². The molecule has 1 unspecified atom stereocenters. The van der Waals surface area contributed by atoms with Crippen LogP contribution in [0.4, 0.5) is 0 Å². The van der Waals surface area contributed by atoms with E-state index in [4.69, 9.17) is 4.74 Å². The zero-order chi connectivity index (χ0) is 19.0. The van der Waals surface area contributed by atoms with Gasteiger partial charge in [0.05, 0.1) is 5.57 Å². The fourth-order valence-corrected chi connectivity index (χ4v) is 4.48. The molecule has 0 spiro atoms. The van der Waals surface area contributed by atoms with Gasteiger partial charge in [-0.2, -0.15) is 0 Å². The van der Waals surface area contributed by atoms with Gasteiger partial charge in [-0.05, 0) is 63.1 Å². The molecule has 0 amide bonds. The monoisotopic (exact) mass is 367 g/mol. The summed E-state index contributed by atoms with van der Waals surface area (Å²) < 4.78 is 5.79. The molecule has 1 aromatic carbocycles. The molecule has 5 heteroatoms. The number of ketones is 1. The van der Waals surface area contributed by atoms with Crippen molar-refractivity contribution in [2.45, 2.75) is 63.9 Å². The molecule has 3 aliphatic rings. The van der Waals surface area contributed by atoms with Crippen molar-refractivity contribution in [3.63, 3.8) is 0 Å². The molecule has 1 aliphatic heterocycles. The largest absolute Gasteiger partial charge is 0.508 e. The van der Waals surface area contributed by atoms with E-state index in [1.54, 1.807) is 24.3 Å². The van der Waals surface area contributed by atoms with Crippen LogP contribution in [0, 0.1) is 0 Å². The first-order valence-corrected chi connectivity index (χ1v) is 9.78. The zero-order valence-corrected chi connectivity index (χ0v) is 15.6. The second-order valence-corrected chi connectivity index (χ2v) is 7.67. The van der Waals surface area contributed by atoms with Crippen molar-refractivity contribution in [3.8, 4) is 5.75 Å². The highest BCUT2D eigenvalue weighted by molar-refractivity contribution is 6.03. The molecule has 5 nitrogen and oxygen atoms in total. The Morgan fingerprint density at radius 2 is 1.81 bits per heavy atom. The van der Waals surface area contributed by atoms with Crippen LogP contribution in [-0.2, 0) is 14.3 Å². The summed E-state index contributed by atoms with van der Waals surface area (Å²) in [6.45, 7) is 1.88. The number of dihydropyridines is 1. The van der Waals surface area contributed by atoms with Gasteiger partial charge in [0.25, 0.3) is 0 Å². The van der Waals surface area contributed by atoms with E-state index < -0.39 is 5.92 Å². The number of phenolic OH excluding ortho intramolecular Hbond substituents is 1. The molecule has 2 aliphatic carbocycles. The minimum atomic E-state index is -0.441. The quantitative estimate of drug-likeness (QED) is 0.794. The third-order valence-electron chi connectivity index (χ3n) is 5.80. The lowest BCUT2D eigenvalue weighted by Crippen LogP contribution is -2.35. The topological polar surface area (TPSA) is 75.6 Å². The minimum absolute atomic E-state index is 0.0318. The van der Waals surface area contributed by atoms with Crippen molar-refractivity contribution >= 4 is 11.8 Å². The summed E-state index contributed by atoms with van der Waals surface area (Å²) >= 11 is 0. The van der Waals surface area contributed by atoms with Gasteiger partial charge < -0.3 is 15.2 Å². The van der Waals surface area contributed by atoms with Gasteiger partial charge in [-0.1, -0.05) is 12.1 Å². The standard InChI is InChI=1S/C22H25NO4/c1-13-19(22(26)27-16-5-2-3-6-16)20(14-9-11-15(24)12-10-14)21-17(23-13)7-4-8-18(21)25/h9-12,16,20,23-24H,2-8H2,1H3. The Morgan fingerprint density at radius 3 is 2.52 bits per heavy atom. The molecule has 1 saturated carbocycles. The Morgan fingerprint density at radius 1 is 1.11 bits per heavy atom. The molecule has 1 atom stereocenters. The average Bonchev–Trinajstić information content (AvgIpc) is 3.14. The fraction of sp³-hybridized carbons (Fsp3) is 0.455. The van der Waals surface area contributed by atoms with Crippen LogP contribution in [0.3, 0.4) is 0 Å². The van der Waals surface area contributed by atoms with Crippen molar-refractivity contribution in [2.24, 2.45) is 0 Å². The number of hydrogen-bond acceptors (Lipinski definition) is 5. The maximum atomic E-state index is 13.1. The maximum Gasteiger partial charge on any atom is 0.337 e. The first-order valence-electron chi connectivity index (χ1n) is 9.78. The third-order valence-corrected chi connectivity index (χ3v) is 5.80. The van der Waals surface area contributed by atoms with Crippen molar-refractivity contribution in [2.75, 3.05) is 0 Å². The maximum absolute atomic E-state index is 13.1. The van der Waals surface area contributed by atoms with Crippen molar-refractivity contribution in [1.82, 2.24) is 5.32 Å². The summed E-state index contributed by atoms with van der Waals surface area (Å²) in [7, 11) is 0. The molecule has 1 aromatic rings. The lowest BCUT2D eigenvalue weighted by Gasteiger charge is -2.34. The molecular formula is C22H25NO4. The number of esters is 1. The molecular weight excluding hydrogens is 342 g/mol. The van der Waals surface area contributed by atoms with E-state index >= 15 is 0 Å². The predicted octanol–water partition coefficient (Wildman–Crippen LogP) is 3.85. The highest BCUT2D eigenvalue weighted by atomic mass is 16.5. The van der Waals surface area contributed by atoms with Gasteiger partial charge in [-0.3, -0.25) is 4.79 Å². The molecule has 142 valence electrons. The number of nitrogens with one attached hydrogen (secondary N) is 1. The molecule has 1 fully saturated rings. The van der Waals surface area contributed by atoms with Crippen molar-refractivity contribution in [1.29, 1.82) is 0 Å². The summed E-state index contributed by atoms with van der Waals surface area (Å²) in [5.74, 6) is -0.536. The van der Waals surface area contributed by atoms with Gasteiger partial charge in [-0.25, -0.2) is 4.79 Å². The molecule has 0 radical (unpaired) electrons. The van der Waals surface area contributed by atoms with Gasteiger partial charge in [0.15, 0.2) is 5.78 Å². The molecule has 4 rings (SSSR count). The second-order valence-electron chi connectivity index (χ2n) is 7.67. The summed E-state index contributed by atoms with van der Waals surface area (Å²) in [4.78, 5) is 25.9. The van der Waals surface area contributed by atoms with Crippen LogP contribution in [0.5, 0.6) is 5.75 Å². The molecule has 0 bridgehead atoms. The van der Waals surface area contributed by atoms with E-state index in [2.05, 4.69) is 5.32 Å². The van der Waals surface area contributed by atoms with E-state index in [0.717, 1.165) is 55.5 Å². The van der Waals surface area contributed by atoms with Crippen LogP contribution >= 0.6 is 0 Å². The number of rotatable bonds is 3. The fourth-order valence-electron chi connectivity index (χ4n) is 4.48. The van der Waals surface area contributed by atoms with E-state index in [1.165, 1.54) is 0 Å². The number of allylic oxidation sites excluding steroid dienone is 3. The summed E-state index contributed by atoms with van der Waals surface area (Å²) in [6.07, 6.45) is 6.08. The number of hydrogen-bond donors (Lipinski definition) is 2. The SMILES string of the molecule is CC1=C(C(=O)OC2CCCC2)C(c2ccc(O)cc2)C2=C(CCCC2=O)N1. The Kier molecular flexibility index (Phi) is 4.77. The summed E-state index contributed by atoms with van der Waals surface area (Å²) in [5, 5.41) is 13.0. The molecule has 2 N–H and O–H groups in total. The summed E-state index contributed by atoms with van der Waals surface area (Å²) in [6, 6.07) is 6.77. The van der Waals surface area contributed by atoms with Gasteiger partial charge >= 0.3 is 5.97 Å². The first kappa shape index (κ1) is 17.8. The normalized spacial score (nSPS) is 23.3. The van der Waals surface area contributed by atoms with Crippen LogP contribution in [-0.4, -0.2) is 23.0 Å². The number of carbonyl (C=O) groups excluding carboxylic acids is 2. The Balaban J connectivity index is 1.75. The number of phenols is 1. The van der Waals surface area contributed by atoms with E-state index in [0.29, 0.717) is 17.6 Å². The molecule has 0 saturated heterocycles. The highest BCUT2D eigenvalue weighted by Crippen LogP contribution is 2.43. The van der Waals surface area contributed by atoms with Gasteiger partial charge in [-0.15, -0.1) is 0 Å². The predicted molar refractivity (Wildman–Crippen MR) is 101 cm³/mol. The van der Waals surface area contributed by atoms with Crippen LogP contribution < -0.4 is 5.32 Å². The van der Waals surface area contributed by atoms with E-state index in [9.17, 15) is 14.7 Å². The summed E-state index contributed by atoms with van der Waals surface area (Å²) in [5.41, 5.74) is 3.69. The second kappa shape index (κ2) is 7.22. The lowest BCUT2D eigenvalue weighted by molar-refractivity contribution is -0.144. The Labute approximate surface area is 159 Å². The Hall–Kier alpha value is -2.56. The number of carbonyl (C=O) groups is 2. The minimum Gasteiger partial charge on any atom is -0.508 e. The molecule has 0 aromatic heterocycles. The number of benzene rings is 1. The number of Topliss-reactive ketones (excluding diaryl/α,β-unsaturated/α-hetero) is 1. The van der Waals surface area contributed by atoms with Crippen LogP contribution in [0.2, 0.25) is 0 Å². The average molecular weight is 367 g/mol. The van der Waals surface area contributed by atoms with Gasteiger partial charge in [0, 0.05) is 29.3 Å². The molecule has 27 heavy (non-hydrogen) atoms. The molecule has 1 heterocycles. The highest BCUT2D eigenvalue weighted by Gasteiger charge is 2.39. The Bertz CT molecular complexity index is 828. The van der Waals surface area contributed by atoms with E-state index in [-0.39, 0.29) is 23.6 Å². The van der Waals surface area contributed by atoms with Crippen molar-refractivity contribution in [3.05, 3.63) is 52.4 Å². The van der Waals surface area contributed by atoms with Crippen LogP contribution in [0.25, 0.3) is 0 Å². The van der Waals surface area contributed by atoms with Crippen LogP contribution in [0.1, 0.15) is 63.4 Å². The van der Waals surface area contributed by atoms with Gasteiger partial charge in [0.1, 0.15) is 11.9 Å². The number of aromatic hydroxyl groups is 1. The smallest absolute Gasteiger partial charge is 0.337 e. The van der Waals surface area contributed by atoms with Gasteiger partial charge in [0.2, 0.25) is 0 Å². The number of ether oxygens (including phenoxy) is 1. The zero-order valence-electron chi connectivity index (χ0n) is 15.6. The third kappa shape index (κ3) is 3.38. The van der Waals surface area contributed by atoms with E-state index in [1.807, 2.05) is 6.92 Å². The van der Waals surface area contributed by atoms with Crippen LogP contribution in [0.15, 0.2) is 46.8 Å². The first-order chi connectivity index (χ1) is 13.0. The lowest BCUT2D eigenvalue weighted by atomic mass is 9.75.